The fraction of sp³-hybridized carbons (Fsp3) is 0.520. The number of benzene rings is 1. The van der Waals surface area contributed by atoms with Gasteiger partial charge in [0.2, 0.25) is 5.95 Å². The second-order valence-corrected chi connectivity index (χ2v) is 11.7. The summed E-state index contributed by atoms with van der Waals surface area (Å²) in [6.07, 6.45) is 5.00. The number of carboxylic acid groups (broad SMARTS) is 1. The van der Waals surface area contributed by atoms with Crippen LogP contribution in [0, 0.1) is 0 Å². The highest BCUT2D eigenvalue weighted by atomic mass is 32.2. The van der Waals surface area contributed by atoms with Crippen molar-refractivity contribution in [2.24, 2.45) is 0 Å². The van der Waals surface area contributed by atoms with Gasteiger partial charge in [-0.3, -0.25) is 4.79 Å². The Hall–Kier alpha value is -3.81. The van der Waals surface area contributed by atoms with Gasteiger partial charge >= 0.3 is 5.97 Å². The van der Waals surface area contributed by atoms with Gasteiger partial charge in [0, 0.05) is 37.1 Å². The molecule has 0 spiro atoms. The molecule has 0 aliphatic heterocycles. The Kier molecular flexibility index (Phi) is 10.5. The number of ether oxygens (including phenoxy) is 1. The molecule has 2 aromatic heterocycles. The van der Waals surface area contributed by atoms with E-state index in [-0.39, 0.29) is 30.6 Å². The zero-order valence-electron chi connectivity index (χ0n) is 22.5. The number of nitrogen functional groups attached to an aromatic ring is 1. The van der Waals surface area contributed by atoms with E-state index in [2.05, 4.69) is 42.8 Å². The molecule has 1 atom stereocenters. The Balaban J connectivity index is 2.02. The summed E-state index contributed by atoms with van der Waals surface area (Å²) >= 11 is 0. The summed E-state index contributed by atoms with van der Waals surface area (Å²) in [5.74, 6) is 0.720. The standard InChI is InChI=1S/C25H36N8O5S/c1-4-5-6-18(11-12-39(3,36)37)27-24-19(20(8-10-23(34)35)28-25(26)29-24)15-17-13-16(7-9-21(17)38-2)14-22-30-32-33-31-22/h7,9,13,18H,4-6,8,10-12,14-15H2,1-3H3,(H,34,35)(H3,26,27,28,29)(H,30,31,32,33). The molecule has 0 aliphatic rings. The first-order valence-corrected chi connectivity index (χ1v) is 14.8. The van der Waals surface area contributed by atoms with Gasteiger partial charge in [0.15, 0.2) is 5.82 Å². The van der Waals surface area contributed by atoms with E-state index in [1.165, 1.54) is 6.26 Å². The maximum absolute atomic E-state index is 11.9. The molecule has 3 aromatic rings. The van der Waals surface area contributed by atoms with E-state index in [0.717, 1.165) is 30.4 Å². The number of carbonyl (C=O) groups is 1. The Morgan fingerprint density at radius 3 is 2.67 bits per heavy atom. The number of hydrogen-bond donors (Lipinski definition) is 4. The molecular weight excluding hydrogens is 524 g/mol. The summed E-state index contributed by atoms with van der Waals surface area (Å²) in [7, 11) is -1.58. The number of aryl methyl sites for hydroxylation is 1. The number of rotatable bonds is 16. The van der Waals surface area contributed by atoms with E-state index in [0.29, 0.717) is 47.9 Å². The van der Waals surface area contributed by atoms with Crippen molar-refractivity contribution in [3.8, 4) is 5.75 Å². The second-order valence-electron chi connectivity index (χ2n) is 9.48. The summed E-state index contributed by atoms with van der Waals surface area (Å²) in [6, 6.07) is 5.55. The number of H-pyrrole nitrogens is 1. The Morgan fingerprint density at radius 1 is 1.23 bits per heavy atom. The highest BCUT2D eigenvalue weighted by Gasteiger charge is 2.21. The average molecular weight is 561 g/mol. The largest absolute Gasteiger partial charge is 0.496 e. The zero-order chi connectivity index (χ0) is 28.4. The lowest BCUT2D eigenvalue weighted by atomic mass is 9.97. The maximum Gasteiger partial charge on any atom is 0.303 e. The van der Waals surface area contributed by atoms with Crippen LogP contribution >= 0.6 is 0 Å². The molecule has 0 fully saturated rings. The lowest BCUT2D eigenvalue weighted by Crippen LogP contribution is -2.25. The van der Waals surface area contributed by atoms with Crippen molar-refractivity contribution < 1.29 is 23.1 Å². The summed E-state index contributed by atoms with van der Waals surface area (Å²) in [6.45, 7) is 2.07. The van der Waals surface area contributed by atoms with E-state index in [4.69, 9.17) is 10.5 Å². The van der Waals surface area contributed by atoms with Crippen molar-refractivity contribution in [3.05, 3.63) is 46.4 Å². The molecule has 5 N–H and O–H groups in total. The summed E-state index contributed by atoms with van der Waals surface area (Å²) in [5, 5.41) is 26.8. The number of sulfone groups is 1. The molecule has 0 saturated heterocycles. The van der Waals surface area contributed by atoms with Gasteiger partial charge in [0.05, 0.1) is 25.0 Å². The number of tetrazole rings is 1. The number of nitrogens with zero attached hydrogens (tertiary/aromatic N) is 5. The normalized spacial score (nSPS) is 12.3. The molecule has 2 heterocycles. The second kappa shape index (κ2) is 13.8. The molecule has 0 bridgehead atoms. The lowest BCUT2D eigenvalue weighted by Gasteiger charge is -2.23. The van der Waals surface area contributed by atoms with E-state index in [9.17, 15) is 18.3 Å². The van der Waals surface area contributed by atoms with Gasteiger partial charge in [0.1, 0.15) is 21.4 Å². The Morgan fingerprint density at radius 2 is 2.03 bits per heavy atom. The number of unbranched alkanes of at least 4 members (excludes halogenated alkanes) is 1. The van der Waals surface area contributed by atoms with Crippen LogP contribution in [0.15, 0.2) is 18.2 Å². The average Bonchev–Trinajstić information content (AvgIpc) is 3.38. The molecule has 0 aliphatic carbocycles. The monoisotopic (exact) mass is 560 g/mol. The first-order chi connectivity index (χ1) is 18.6. The smallest absolute Gasteiger partial charge is 0.303 e. The van der Waals surface area contributed by atoms with Crippen molar-refractivity contribution in [1.29, 1.82) is 0 Å². The molecular formula is C25H36N8O5S. The third-order valence-electron chi connectivity index (χ3n) is 6.23. The molecule has 0 saturated carbocycles. The van der Waals surface area contributed by atoms with Gasteiger partial charge in [-0.25, -0.2) is 13.4 Å². The molecule has 14 heteroatoms. The number of anilines is 2. The number of aliphatic carboxylic acids is 1. The SMILES string of the molecule is CCCCC(CCS(C)(=O)=O)Nc1nc(N)nc(CCC(=O)O)c1Cc1cc(Cc2nn[nH]n2)ccc1OC. The number of carboxylic acids is 1. The quantitative estimate of drug-likeness (QED) is 0.199. The summed E-state index contributed by atoms with van der Waals surface area (Å²) < 4.78 is 29.4. The minimum absolute atomic E-state index is 0.0109. The highest BCUT2D eigenvalue weighted by Crippen LogP contribution is 2.30. The van der Waals surface area contributed by atoms with Crippen LogP contribution in [0.2, 0.25) is 0 Å². The number of aromatic nitrogens is 6. The van der Waals surface area contributed by atoms with Crippen LogP contribution in [-0.4, -0.2) is 75.2 Å². The van der Waals surface area contributed by atoms with Crippen LogP contribution in [0.3, 0.4) is 0 Å². The van der Waals surface area contributed by atoms with Crippen molar-refractivity contribution in [2.45, 2.75) is 64.3 Å². The fourth-order valence-corrected chi connectivity index (χ4v) is 5.00. The van der Waals surface area contributed by atoms with E-state index >= 15 is 0 Å². The topological polar surface area (TPSA) is 199 Å². The van der Waals surface area contributed by atoms with Gasteiger partial charge < -0.3 is 20.9 Å². The molecule has 13 nitrogen and oxygen atoms in total. The molecule has 1 unspecified atom stereocenters. The van der Waals surface area contributed by atoms with Gasteiger partial charge in [-0.2, -0.15) is 10.2 Å². The van der Waals surface area contributed by atoms with Crippen LogP contribution in [0.1, 0.15) is 67.2 Å². The molecule has 0 amide bonds. The summed E-state index contributed by atoms with van der Waals surface area (Å²) in [5.41, 5.74) is 9.00. The van der Waals surface area contributed by atoms with Crippen LogP contribution in [0.4, 0.5) is 11.8 Å². The first-order valence-electron chi connectivity index (χ1n) is 12.8. The zero-order valence-corrected chi connectivity index (χ0v) is 23.3. The van der Waals surface area contributed by atoms with Crippen molar-refractivity contribution in [1.82, 2.24) is 30.6 Å². The van der Waals surface area contributed by atoms with Gasteiger partial charge in [-0.15, -0.1) is 10.2 Å². The molecule has 3 rings (SSSR count). The third-order valence-corrected chi connectivity index (χ3v) is 7.21. The number of nitrogens with one attached hydrogen (secondary N) is 2. The first kappa shape index (κ1) is 29.7. The van der Waals surface area contributed by atoms with Crippen molar-refractivity contribution in [3.63, 3.8) is 0 Å². The van der Waals surface area contributed by atoms with E-state index in [1.54, 1.807) is 7.11 Å². The third kappa shape index (κ3) is 9.46. The van der Waals surface area contributed by atoms with Crippen LogP contribution in [0.25, 0.3) is 0 Å². The molecule has 0 radical (unpaired) electrons. The van der Waals surface area contributed by atoms with E-state index in [1.807, 2.05) is 18.2 Å². The van der Waals surface area contributed by atoms with Crippen LogP contribution in [0.5, 0.6) is 5.75 Å². The fourth-order valence-electron chi connectivity index (χ4n) is 4.29. The molecule has 212 valence electrons. The Labute approximate surface area is 227 Å². The van der Waals surface area contributed by atoms with Crippen molar-refractivity contribution >= 4 is 27.6 Å². The van der Waals surface area contributed by atoms with Gasteiger partial charge in [0.25, 0.3) is 0 Å². The van der Waals surface area contributed by atoms with E-state index < -0.39 is 15.8 Å². The number of methoxy groups -OCH3 is 1. The minimum atomic E-state index is -3.16. The highest BCUT2D eigenvalue weighted by molar-refractivity contribution is 7.90. The van der Waals surface area contributed by atoms with Gasteiger partial charge in [-0.05, 0) is 30.0 Å². The van der Waals surface area contributed by atoms with Crippen LogP contribution < -0.4 is 15.8 Å². The predicted molar refractivity (Wildman–Crippen MR) is 146 cm³/mol. The maximum atomic E-state index is 11.9. The Bertz CT molecular complexity index is 1350. The number of aromatic amines is 1. The predicted octanol–water partition coefficient (Wildman–Crippen LogP) is 2.18. The minimum Gasteiger partial charge on any atom is -0.496 e. The lowest BCUT2D eigenvalue weighted by molar-refractivity contribution is -0.136. The molecule has 39 heavy (non-hydrogen) atoms. The van der Waals surface area contributed by atoms with Crippen LogP contribution in [-0.2, 0) is 33.9 Å². The van der Waals surface area contributed by atoms with Gasteiger partial charge in [-0.1, -0.05) is 37.1 Å². The number of hydrogen-bond acceptors (Lipinski definition) is 11. The molecule has 1 aromatic carbocycles. The number of nitrogens with two attached hydrogens (primary N) is 1. The summed E-state index contributed by atoms with van der Waals surface area (Å²) in [4.78, 5) is 20.3. The van der Waals surface area contributed by atoms with Crippen molar-refractivity contribution in [2.75, 3.05) is 30.2 Å².